The molecule has 0 atom stereocenters. The number of hydrogen-bond acceptors (Lipinski definition) is 2. The number of ether oxygens (including phenoxy) is 1. The fourth-order valence-electron chi connectivity index (χ4n) is 1.91. The van der Waals surface area contributed by atoms with E-state index in [9.17, 15) is 4.79 Å². The van der Waals surface area contributed by atoms with Gasteiger partial charge in [-0.3, -0.25) is 4.79 Å². The molecule has 0 aliphatic carbocycles. The third kappa shape index (κ3) is 3.78. The molecule has 0 amide bonds. The summed E-state index contributed by atoms with van der Waals surface area (Å²) >= 11 is 0. The van der Waals surface area contributed by atoms with E-state index in [-0.39, 0.29) is 11.4 Å². The normalized spacial score (nSPS) is 11.3. The summed E-state index contributed by atoms with van der Waals surface area (Å²) in [4.78, 5) is 12.5. The molecular weight excluding hydrogens is 248 g/mol. The van der Waals surface area contributed by atoms with Crippen molar-refractivity contribution in [1.82, 2.24) is 0 Å². The minimum atomic E-state index is -0.219. The van der Waals surface area contributed by atoms with Gasteiger partial charge >= 0.3 is 0 Å². The first-order valence-electron chi connectivity index (χ1n) is 6.79. The van der Waals surface area contributed by atoms with E-state index in [0.717, 1.165) is 5.56 Å². The van der Waals surface area contributed by atoms with E-state index in [2.05, 4.69) is 0 Å². The van der Waals surface area contributed by atoms with Crippen LogP contribution in [0.25, 0.3) is 0 Å². The maximum absolute atomic E-state index is 12.5. The van der Waals surface area contributed by atoms with E-state index in [1.165, 1.54) is 0 Å². The second-order valence-electron chi connectivity index (χ2n) is 5.75. The van der Waals surface area contributed by atoms with E-state index in [1.54, 1.807) is 0 Å². The minimum absolute atomic E-state index is 0.0405. The van der Waals surface area contributed by atoms with Crippen LogP contribution in [0.2, 0.25) is 0 Å². The molecule has 2 nitrogen and oxygen atoms in total. The molecule has 0 spiro atoms. The number of rotatable bonds is 4. The van der Waals surface area contributed by atoms with Crippen molar-refractivity contribution in [3.05, 3.63) is 71.3 Å². The first-order valence-corrected chi connectivity index (χ1v) is 6.79. The molecule has 0 saturated heterocycles. The van der Waals surface area contributed by atoms with Crippen LogP contribution in [0.15, 0.2) is 54.6 Å². The fraction of sp³-hybridized carbons (Fsp3) is 0.278. The summed E-state index contributed by atoms with van der Waals surface area (Å²) in [6.07, 6.45) is 0. The lowest BCUT2D eigenvalue weighted by molar-refractivity contribution is -0.0151. The minimum Gasteiger partial charge on any atom is -0.371 e. The standard InChI is InChI=1S/C18H20O2/c1-18(2,3)20-13-15-11-7-8-12-16(15)17(19)14-9-5-4-6-10-14/h4-12H,13H2,1-3H3. The van der Waals surface area contributed by atoms with Crippen molar-refractivity contribution in [2.45, 2.75) is 33.0 Å². The SMILES string of the molecule is CC(C)(C)OCc1ccccc1C(=O)c1ccccc1. The molecule has 0 bridgehead atoms. The van der Waals surface area contributed by atoms with Crippen molar-refractivity contribution >= 4 is 5.78 Å². The second kappa shape index (κ2) is 6.02. The molecule has 2 rings (SSSR count). The van der Waals surface area contributed by atoms with Crippen LogP contribution < -0.4 is 0 Å². The van der Waals surface area contributed by atoms with E-state index in [1.807, 2.05) is 75.4 Å². The van der Waals surface area contributed by atoms with Crippen molar-refractivity contribution in [2.75, 3.05) is 0 Å². The smallest absolute Gasteiger partial charge is 0.193 e. The first-order chi connectivity index (χ1) is 9.47. The maximum atomic E-state index is 12.5. The Kier molecular flexibility index (Phi) is 4.35. The van der Waals surface area contributed by atoms with Crippen molar-refractivity contribution in [1.29, 1.82) is 0 Å². The predicted molar refractivity (Wildman–Crippen MR) is 80.9 cm³/mol. The van der Waals surface area contributed by atoms with Crippen LogP contribution in [0.1, 0.15) is 42.3 Å². The molecule has 0 fully saturated rings. The lowest BCUT2D eigenvalue weighted by Gasteiger charge is -2.20. The number of carbonyl (C=O) groups is 1. The highest BCUT2D eigenvalue weighted by Crippen LogP contribution is 2.18. The van der Waals surface area contributed by atoms with Gasteiger partial charge in [0, 0.05) is 11.1 Å². The van der Waals surface area contributed by atoms with Crippen molar-refractivity contribution in [3.63, 3.8) is 0 Å². The van der Waals surface area contributed by atoms with Gasteiger partial charge in [-0.2, -0.15) is 0 Å². The zero-order chi connectivity index (χ0) is 14.6. The number of carbonyl (C=O) groups excluding carboxylic acids is 1. The van der Waals surface area contributed by atoms with Crippen LogP contribution in [0.5, 0.6) is 0 Å². The molecule has 2 heteroatoms. The Morgan fingerprint density at radius 3 is 2.20 bits per heavy atom. The topological polar surface area (TPSA) is 26.3 Å². The summed E-state index contributed by atoms with van der Waals surface area (Å²) in [5.41, 5.74) is 2.12. The number of benzene rings is 2. The molecule has 0 aromatic heterocycles. The lowest BCUT2D eigenvalue weighted by Crippen LogP contribution is -2.19. The zero-order valence-electron chi connectivity index (χ0n) is 12.2. The van der Waals surface area contributed by atoms with Crippen molar-refractivity contribution in [3.8, 4) is 0 Å². The molecule has 0 N–H and O–H groups in total. The Bertz CT molecular complexity index is 580. The second-order valence-corrected chi connectivity index (χ2v) is 5.75. The Labute approximate surface area is 120 Å². The van der Waals surface area contributed by atoms with Gasteiger partial charge in [-0.25, -0.2) is 0 Å². The van der Waals surface area contributed by atoms with E-state index >= 15 is 0 Å². The third-order valence-corrected chi connectivity index (χ3v) is 2.96. The van der Waals surface area contributed by atoms with Crippen LogP contribution in [-0.2, 0) is 11.3 Å². The molecule has 20 heavy (non-hydrogen) atoms. The highest BCUT2D eigenvalue weighted by molar-refractivity contribution is 6.09. The summed E-state index contributed by atoms with van der Waals surface area (Å²) in [5, 5.41) is 0. The molecule has 0 aliphatic heterocycles. The van der Waals surface area contributed by atoms with Crippen molar-refractivity contribution in [2.24, 2.45) is 0 Å². The molecule has 104 valence electrons. The maximum Gasteiger partial charge on any atom is 0.193 e. The van der Waals surface area contributed by atoms with Crippen LogP contribution in [-0.4, -0.2) is 11.4 Å². The summed E-state index contributed by atoms with van der Waals surface area (Å²) in [6, 6.07) is 17.0. The van der Waals surface area contributed by atoms with E-state index < -0.39 is 0 Å². The van der Waals surface area contributed by atoms with Gasteiger partial charge in [0.2, 0.25) is 0 Å². The van der Waals surface area contributed by atoms with Gasteiger partial charge in [-0.05, 0) is 26.3 Å². The highest BCUT2D eigenvalue weighted by atomic mass is 16.5. The molecule has 0 aliphatic rings. The summed E-state index contributed by atoms with van der Waals surface area (Å²) in [6.45, 7) is 6.47. The van der Waals surface area contributed by atoms with Gasteiger partial charge < -0.3 is 4.74 Å². The molecule has 2 aromatic rings. The van der Waals surface area contributed by atoms with Gasteiger partial charge in [0.1, 0.15) is 0 Å². The van der Waals surface area contributed by atoms with Gasteiger partial charge in [-0.15, -0.1) is 0 Å². The van der Waals surface area contributed by atoms with Gasteiger partial charge in [-0.1, -0.05) is 54.6 Å². The zero-order valence-corrected chi connectivity index (χ0v) is 12.2. The molecular formula is C18H20O2. The number of ketones is 1. The molecule has 0 unspecified atom stereocenters. The summed E-state index contributed by atoms with van der Waals surface area (Å²) < 4.78 is 5.79. The quantitative estimate of drug-likeness (QED) is 0.775. The van der Waals surface area contributed by atoms with Gasteiger partial charge in [0.25, 0.3) is 0 Å². The summed E-state index contributed by atoms with van der Waals surface area (Å²) in [7, 11) is 0. The Morgan fingerprint density at radius 2 is 1.55 bits per heavy atom. The number of hydrogen-bond donors (Lipinski definition) is 0. The molecule has 0 heterocycles. The van der Waals surface area contributed by atoms with Crippen LogP contribution in [0.4, 0.5) is 0 Å². The Balaban J connectivity index is 2.26. The highest BCUT2D eigenvalue weighted by Gasteiger charge is 2.15. The van der Waals surface area contributed by atoms with Gasteiger partial charge in [0.15, 0.2) is 5.78 Å². The molecule has 0 radical (unpaired) electrons. The predicted octanol–water partition coefficient (Wildman–Crippen LogP) is 4.23. The van der Waals surface area contributed by atoms with Gasteiger partial charge in [0.05, 0.1) is 12.2 Å². The van der Waals surface area contributed by atoms with Crippen molar-refractivity contribution < 1.29 is 9.53 Å². The van der Waals surface area contributed by atoms with E-state index in [4.69, 9.17) is 4.74 Å². The monoisotopic (exact) mass is 268 g/mol. The Hall–Kier alpha value is -1.93. The molecule has 0 saturated carbocycles. The third-order valence-electron chi connectivity index (χ3n) is 2.96. The van der Waals surface area contributed by atoms with Crippen LogP contribution in [0.3, 0.4) is 0 Å². The van der Waals surface area contributed by atoms with E-state index in [0.29, 0.717) is 17.7 Å². The first kappa shape index (κ1) is 14.5. The largest absolute Gasteiger partial charge is 0.371 e. The average Bonchev–Trinajstić information content (AvgIpc) is 2.45. The van der Waals surface area contributed by atoms with Crippen LogP contribution in [0, 0.1) is 0 Å². The Morgan fingerprint density at radius 1 is 0.950 bits per heavy atom. The van der Waals surface area contributed by atoms with Crippen LogP contribution >= 0.6 is 0 Å². The lowest BCUT2D eigenvalue weighted by atomic mass is 9.98. The fourth-order valence-corrected chi connectivity index (χ4v) is 1.91. The average molecular weight is 268 g/mol. The molecule has 2 aromatic carbocycles. The summed E-state index contributed by atoms with van der Waals surface area (Å²) in [5.74, 6) is 0.0405.